The van der Waals surface area contributed by atoms with Crippen molar-refractivity contribution in [2.24, 2.45) is 5.41 Å². The highest BCUT2D eigenvalue weighted by Gasteiger charge is 2.48. The predicted molar refractivity (Wildman–Crippen MR) is 105 cm³/mol. The van der Waals surface area contributed by atoms with Crippen LogP contribution in [-0.4, -0.2) is 39.0 Å². The first-order chi connectivity index (χ1) is 12.2. The van der Waals surface area contributed by atoms with E-state index in [1.54, 1.807) is 23.5 Å². The van der Waals surface area contributed by atoms with Gasteiger partial charge in [-0.05, 0) is 55.2 Å². The van der Waals surface area contributed by atoms with Gasteiger partial charge in [0.1, 0.15) is 0 Å². The van der Waals surface area contributed by atoms with Crippen molar-refractivity contribution in [1.82, 2.24) is 4.31 Å². The van der Waals surface area contributed by atoms with Crippen molar-refractivity contribution in [3.8, 4) is 0 Å². The van der Waals surface area contributed by atoms with Crippen molar-refractivity contribution >= 4 is 10.0 Å². The number of methoxy groups -OCH3 is 1. The van der Waals surface area contributed by atoms with Crippen molar-refractivity contribution in [1.29, 1.82) is 0 Å². The van der Waals surface area contributed by atoms with Gasteiger partial charge in [-0.25, -0.2) is 8.42 Å². The summed E-state index contributed by atoms with van der Waals surface area (Å²) in [4.78, 5) is 0.414. The molecule has 146 valence electrons. The van der Waals surface area contributed by atoms with Gasteiger partial charge < -0.3 is 4.74 Å². The molecule has 0 N–H and O–H groups in total. The molecular weight excluding hydrogens is 346 g/mol. The highest BCUT2D eigenvalue weighted by atomic mass is 32.2. The third-order valence-corrected chi connectivity index (χ3v) is 8.70. The topological polar surface area (TPSA) is 46.6 Å². The van der Waals surface area contributed by atoms with Crippen LogP contribution in [0.15, 0.2) is 29.2 Å². The fourth-order valence-corrected chi connectivity index (χ4v) is 6.27. The summed E-state index contributed by atoms with van der Waals surface area (Å²) >= 11 is 0. The molecule has 1 aromatic rings. The van der Waals surface area contributed by atoms with E-state index in [0.29, 0.717) is 18.0 Å². The molecule has 0 unspecified atom stereocenters. The van der Waals surface area contributed by atoms with Crippen molar-refractivity contribution in [2.45, 2.75) is 75.7 Å². The molecule has 0 bridgehead atoms. The van der Waals surface area contributed by atoms with Crippen LogP contribution in [0.4, 0.5) is 0 Å². The number of rotatable bonds is 5. The van der Waals surface area contributed by atoms with Gasteiger partial charge in [-0.1, -0.05) is 39.3 Å². The minimum absolute atomic E-state index is 0.00418. The van der Waals surface area contributed by atoms with Gasteiger partial charge in [-0.15, -0.1) is 0 Å². The number of ether oxygens (including phenoxy) is 1. The van der Waals surface area contributed by atoms with Crippen LogP contribution in [-0.2, 0) is 20.2 Å². The number of hydrogen-bond acceptors (Lipinski definition) is 3. The Bertz CT molecular complexity index is 726. The van der Waals surface area contributed by atoms with Gasteiger partial charge in [-0.2, -0.15) is 4.31 Å². The number of sulfonamides is 1. The maximum atomic E-state index is 13.2. The lowest BCUT2D eigenvalue weighted by Gasteiger charge is -2.43. The Morgan fingerprint density at radius 1 is 1.19 bits per heavy atom. The van der Waals surface area contributed by atoms with E-state index >= 15 is 0 Å². The second-order valence-corrected chi connectivity index (χ2v) is 10.6. The minimum atomic E-state index is -3.45. The molecule has 1 spiro atoms. The van der Waals surface area contributed by atoms with E-state index in [0.717, 1.165) is 38.5 Å². The van der Waals surface area contributed by atoms with Gasteiger partial charge >= 0.3 is 0 Å². The molecule has 2 fully saturated rings. The van der Waals surface area contributed by atoms with Crippen LogP contribution in [0.3, 0.4) is 0 Å². The lowest BCUT2D eigenvalue weighted by molar-refractivity contribution is -0.0184. The standard InChI is InChI=1S/C21H33NO3S/c1-5-20(2,3)17-9-11-18(12-10-17)26(23,24)22-15-7-14-21(16-22)13-6-8-19(21)25-4/h9-12,19H,5-8,13-16H2,1-4H3/t19-,21-/m1/s1. The molecule has 4 nitrogen and oxygen atoms in total. The van der Waals surface area contributed by atoms with Gasteiger partial charge in [0.2, 0.25) is 10.0 Å². The van der Waals surface area contributed by atoms with E-state index < -0.39 is 10.0 Å². The maximum absolute atomic E-state index is 13.2. The monoisotopic (exact) mass is 379 g/mol. The van der Waals surface area contributed by atoms with E-state index in [2.05, 4.69) is 20.8 Å². The highest BCUT2D eigenvalue weighted by molar-refractivity contribution is 7.89. The van der Waals surface area contributed by atoms with Crippen LogP contribution in [0.1, 0.15) is 64.9 Å². The van der Waals surface area contributed by atoms with Crippen molar-refractivity contribution in [3.05, 3.63) is 29.8 Å². The van der Waals surface area contributed by atoms with E-state index in [1.807, 2.05) is 12.1 Å². The van der Waals surface area contributed by atoms with Crippen LogP contribution in [0.2, 0.25) is 0 Å². The van der Waals surface area contributed by atoms with Gasteiger partial charge in [0, 0.05) is 25.6 Å². The third-order valence-electron chi connectivity index (χ3n) is 6.84. The highest BCUT2D eigenvalue weighted by Crippen LogP contribution is 2.47. The predicted octanol–water partition coefficient (Wildman–Crippen LogP) is 4.34. The van der Waals surface area contributed by atoms with Crippen molar-refractivity contribution in [3.63, 3.8) is 0 Å². The molecule has 1 aliphatic carbocycles. The molecule has 1 aliphatic heterocycles. The first kappa shape index (κ1) is 19.8. The molecule has 1 heterocycles. The number of nitrogens with zero attached hydrogens (tertiary/aromatic N) is 1. The average Bonchev–Trinajstić information content (AvgIpc) is 3.03. The minimum Gasteiger partial charge on any atom is -0.381 e. The van der Waals surface area contributed by atoms with E-state index in [-0.39, 0.29) is 16.9 Å². The van der Waals surface area contributed by atoms with Crippen LogP contribution in [0, 0.1) is 5.41 Å². The normalized spacial score (nSPS) is 27.9. The van der Waals surface area contributed by atoms with Gasteiger partial charge in [0.15, 0.2) is 0 Å². The molecule has 26 heavy (non-hydrogen) atoms. The Kier molecular flexibility index (Phi) is 5.53. The fraction of sp³-hybridized carbons (Fsp3) is 0.714. The molecule has 5 heteroatoms. The van der Waals surface area contributed by atoms with Crippen LogP contribution in [0.5, 0.6) is 0 Å². The van der Waals surface area contributed by atoms with E-state index in [9.17, 15) is 8.42 Å². The Hall–Kier alpha value is -0.910. The quantitative estimate of drug-likeness (QED) is 0.764. The van der Waals surface area contributed by atoms with Gasteiger partial charge in [-0.3, -0.25) is 0 Å². The molecule has 0 amide bonds. The lowest BCUT2D eigenvalue weighted by Crippen LogP contribution is -2.49. The summed E-state index contributed by atoms with van der Waals surface area (Å²) in [5, 5.41) is 0. The van der Waals surface area contributed by atoms with Gasteiger partial charge in [0.25, 0.3) is 0 Å². The molecule has 2 atom stereocenters. The number of hydrogen-bond donors (Lipinski definition) is 0. The van der Waals surface area contributed by atoms with E-state index in [1.165, 1.54) is 5.56 Å². The second-order valence-electron chi connectivity index (χ2n) is 8.68. The largest absolute Gasteiger partial charge is 0.381 e. The lowest BCUT2D eigenvalue weighted by atomic mass is 9.77. The molecule has 1 aromatic carbocycles. The molecule has 0 aromatic heterocycles. The number of benzene rings is 1. The Balaban J connectivity index is 1.84. The van der Waals surface area contributed by atoms with Crippen LogP contribution >= 0.6 is 0 Å². The molecular formula is C21H33NO3S. The maximum Gasteiger partial charge on any atom is 0.243 e. The van der Waals surface area contributed by atoms with Crippen LogP contribution in [0.25, 0.3) is 0 Å². The molecule has 1 saturated heterocycles. The first-order valence-corrected chi connectivity index (χ1v) is 11.3. The summed E-state index contributed by atoms with van der Waals surface area (Å²) in [6.45, 7) is 7.75. The zero-order valence-corrected chi connectivity index (χ0v) is 17.4. The summed E-state index contributed by atoms with van der Waals surface area (Å²) in [7, 11) is -1.69. The van der Waals surface area contributed by atoms with Gasteiger partial charge in [0.05, 0.1) is 11.0 Å². The first-order valence-electron chi connectivity index (χ1n) is 9.89. The third kappa shape index (κ3) is 3.46. The Labute approximate surface area is 159 Å². The summed E-state index contributed by atoms with van der Waals surface area (Å²) in [6.07, 6.45) is 6.44. The molecule has 0 radical (unpaired) electrons. The number of piperidine rings is 1. The second kappa shape index (κ2) is 7.25. The summed E-state index contributed by atoms with van der Waals surface area (Å²) in [5.74, 6) is 0. The summed E-state index contributed by atoms with van der Waals surface area (Å²) < 4.78 is 33.9. The molecule has 1 saturated carbocycles. The zero-order chi connectivity index (χ0) is 19.0. The van der Waals surface area contributed by atoms with E-state index in [4.69, 9.17) is 4.74 Å². The average molecular weight is 380 g/mol. The van der Waals surface area contributed by atoms with Crippen molar-refractivity contribution < 1.29 is 13.2 Å². The summed E-state index contributed by atoms with van der Waals surface area (Å²) in [6, 6.07) is 7.52. The Morgan fingerprint density at radius 3 is 2.46 bits per heavy atom. The zero-order valence-electron chi connectivity index (χ0n) is 16.6. The molecule has 3 rings (SSSR count). The molecule has 2 aliphatic rings. The fourth-order valence-electron chi connectivity index (χ4n) is 4.69. The van der Waals surface area contributed by atoms with Crippen LogP contribution < -0.4 is 0 Å². The summed E-state index contributed by atoms with van der Waals surface area (Å²) in [5.41, 5.74) is 1.25. The van der Waals surface area contributed by atoms with Crippen molar-refractivity contribution in [2.75, 3.05) is 20.2 Å². The SMILES string of the molecule is CCC(C)(C)c1ccc(S(=O)(=O)N2CCC[C@]3(CCC[C@H]3OC)C2)cc1. The smallest absolute Gasteiger partial charge is 0.243 e. The Morgan fingerprint density at radius 2 is 1.85 bits per heavy atom.